The Bertz CT molecular complexity index is 685. The van der Waals surface area contributed by atoms with Crippen LogP contribution in [0.3, 0.4) is 0 Å². The van der Waals surface area contributed by atoms with Crippen LogP contribution in [0.5, 0.6) is 5.75 Å². The first-order valence-corrected chi connectivity index (χ1v) is 9.88. The zero-order valence-electron chi connectivity index (χ0n) is 15.8. The van der Waals surface area contributed by atoms with Crippen LogP contribution < -0.4 is 10.1 Å². The Kier molecular flexibility index (Phi) is 7.47. The topological polar surface area (TPSA) is 51.5 Å². The fraction of sp³-hybridized carbons (Fsp3) is 0.500. The van der Waals surface area contributed by atoms with Crippen molar-refractivity contribution in [3.63, 3.8) is 0 Å². The molecule has 1 aromatic carbocycles. The lowest BCUT2D eigenvalue weighted by Gasteiger charge is -2.27. The SMILES string of the molecule is COc1ccc(CN(CCCn2ccnc2)C(=S)NCC2CCCO2)cc1. The van der Waals surface area contributed by atoms with Gasteiger partial charge in [0, 0.05) is 45.2 Å². The maximum Gasteiger partial charge on any atom is 0.169 e. The monoisotopic (exact) mass is 388 g/mol. The Morgan fingerprint density at radius 2 is 2.26 bits per heavy atom. The summed E-state index contributed by atoms with van der Waals surface area (Å²) in [6.45, 7) is 4.21. The second kappa shape index (κ2) is 10.3. The highest BCUT2D eigenvalue weighted by Gasteiger charge is 2.17. The quantitative estimate of drug-likeness (QED) is 0.667. The molecule has 1 saturated heterocycles. The van der Waals surface area contributed by atoms with Crippen molar-refractivity contribution in [2.24, 2.45) is 0 Å². The van der Waals surface area contributed by atoms with Gasteiger partial charge in [-0.25, -0.2) is 4.98 Å². The third-order valence-electron chi connectivity index (χ3n) is 4.73. The van der Waals surface area contributed by atoms with Crippen LogP contribution in [0.2, 0.25) is 0 Å². The summed E-state index contributed by atoms with van der Waals surface area (Å²) < 4.78 is 13.0. The number of methoxy groups -OCH3 is 1. The van der Waals surface area contributed by atoms with Crippen LogP contribution in [0.15, 0.2) is 43.0 Å². The van der Waals surface area contributed by atoms with Crippen LogP contribution in [0, 0.1) is 0 Å². The Hall–Kier alpha value is -2.12. The molecule has 1 aliphatic heterocycles. The maximum atomic E-state index is 5.69. The number of hydrogen-bond acceptors (Lipinski definition) is 4. The molecule has 1 unspecified atom stereocenters. The summed E-state index contributed by atoms with van der Waals surface area (Å²) in [6, 6.07) is 8.15. The maximum absolute atomic E-state index is 5.69. The molecule has 27 heavy (non-hydrogen) atoms. The van der Waals surface area contributed by atoms with E-state index in [0.717, 1.165) is 62.9 Å². The first-order valence-electron chi connectivity index (χ1n) is 9.47. The van der Waals surface area contributed by atoms with Gasteiger partial charge in [-0.15, -0.1) is 0 Å². The van der Waals surface area contributed by atoms with E-state index < -0.39 is 0 Å². The van der Waals surface area contributed by atoms with Crippen molar-refractivity contribution >= 4 is 17.3 Å². The Balaban J connectivity index is 1.56. The largest absolute Gasteiger partial charge is 0.497 e. The summed E-state index contributed by atoms with van der Waals surface area (Å²) in [7, 11) is 1.68. The number of nitrogens with one attached hydrogen (secondary N) is 1. The van der Waals surface area contributed by atoms with Gasteiger partial charge in [0.25, 0.3) is 0 Å². The Labute approximate surface area is 166 Å². The lowest BCUT2D eigenvalue weighted by atomic mass is 10.2. The fourth-order valence-corrected chi connectivity index (χ4v) is 3.42. The molecule has 7 heteroatoms. The van der Waals surface area contributed by atoms with E-state index in [1.54, 1.807) is 7.11 Å². The lowest BCUT2D eigenvalue weighted by molar-refractivity contribution is 0.113. The van der Waals surface area contributed by atoms with Crippen molar-refractivity contribution in [3.8, 4) is 5.75 Å². The van der Waals surface area contributed by atoms with Gasteiger partial charge in [-0.1, -0.05) is 12.1 Å². The molecule has 1 aromatic heterocycles. The van der Waals surface area contributed by atoms with Crippen molar-refractivity contribution in [1.29, 1.82) is 0 Å². The third kappa shape index (κ3) is 6.22. The second-order valence-corrected chi connectivity index (χ2v) is 7.13. The predicted molar refractivity (Wildman–Crippen MR) is 110 cm³/mol. The molecular weight excluding hydrogens is 360 g/mol. The molecule has 0 spiro atoms. The summed E-state index contributed by atoms with van der Waals surface area (Å²) in [5.41, 5.74) is 1.21. The van der Waals surface area contributed by atoms with Crippen LogP contribution in [-0.2, 0) is 17.8 Å². The molecule has 146 valence electrons. The number of rotatable bonds is 9. The van der Waals surface area contributed by atoms with Crippen LogP contribution >= 0.6 is 12.2 Å². The van der Waals surface area contributed by atoms with Crippen LogP contribution in [0.4, 0.5) is 0 Å². The van der Waals surface area contributed by atoms with E-state index in [2.05, 4.69) is 31.9 Å². The van der Waals surface area contributed by atoms with Crippen LogP contribution in [0.25, 0.3) is 0 Å². The molecule has 1 N–H and O–H groups in total. The van der Waals surface area contributed by atoms with Gasteiger partial charge in [0.1, 0.15) is 5.75 Å². The average molecular weight is 389 g/mol. The molecule has 0 saturated carbocycles. The molecule has 0 radical (unpaired) electrons. The molecular formula is C20H28N4O2S. The normalized spacial score (nSPS) is 16.3. The third-order valence-corrected chi connectivity index (χ3v) is 5.13. The first kappa shape index (κ1) is 19.6. The highest BCUT2D eigenvalue weighted by molar-refractivity contribution is 7.80. The molecule has 0 bridgehead atoms. The van der Waals surface area contributed by atoms with Crippen LogP contribution in [0.1, 0.15) is 24.8 Å². The zero-order chi connectivity index (χ0) is 18.9. The van der Waals surface area contributed by atoms with Gasteiger partial charge >= 0.3 is 0 Å². The van der Waals surface area contributed by atoms with E-state index in [1.807, 2.05) is 30.9 Å². The number of imidazole rings is 1. The predicted octanol–water partition coefficient (Wildman–Crippen LogP) is 2.84. The summed E-state index contributed by atoms with van der Waals surface area (Å²) in [5, 5.41) is 4.18. The number of aryl methyl sites for hydroxylation is 1. The minimum absolute atomic E-state index is 0.275. The van der Waals surface area contributed by atoms with Crippen molar-refractivity contribution in [3.05, 3.63) is 48.5 Å². The smallest absolute Gasteiger partial charge is 0.169 e. The molecule has 2 heterocycles. The van der Waals surface area contributed by atoms with E-state index in [9.17, 15) is 0 Å². The minimum Gasteiger partial charge on any atom is -0.497 e. The molecule has 3 rings (SSSR count). The number of thiocarbonyl (C=S) groups is 1. The van der Waals surface area contributed by atoms with Gasteiger partial charge in [0.2, 0.25) is 0 Å². The van der Waals surface area contributed by atoms with Gasteiger partial charge < -0.3 is 24.3 Å². The van der Waals surface area contributed by atoms with E-state index in [0.29, 0.717) is 0 Å². The molecule has 1 atom stereocenters. The summed E-state index contributed by atoms with van der Waals surface area (Å²) >= 11 is 5.69. The van der Waals surface area contributed by atoms with Gasteiger partial charge in [-0.2, -0.15) is 0 Å². The Morgan fingerprint density at radius 3 is 2.93 bits per heavy atom. The average Bonchev–Trinajstić information content (AvgIpc) is 3.40. The molecule has 6 nitrogen and oxygen atoms in total. The van der Waals surface area contributed by atoms with Crippen LogP contribution in [-0.4, -0.2) is 52.5 Å². The minimum atomic E-state index is 0.275. The Morgan fingerprint density at radius 1 is 1.41 bits per heavy atom. The van der Waals surface area contributed by atoms with E-state index in [1.165, 1.54) is 5.56 Å². The number of ether oxygens (including phenoxy) is 2. The van der Waals surface area contributed by atoms with Gasteiger partial charge in [-0.05, 0) is 49.2 Å². The van der Waals surface area contributed by atoms with Gasteiger partial charge in [-0.3, -0.25) is 0 Å². The highest BCUT2D eigenvalue weighted by Crippen LogP contribution is 2.14. The van der Waals surface area contributed by atoms with Crippen molar-refractivity contribution < 1.29 is 9.47 Å². The molecule has 2 aromatic rings. The number of benzene rings is 1. The molecule has 1 fully saturated rings. The first-order chi connectivity index (χ1) is 13.2. The summed E-state index contributed by atoms with van der Waals surface area (Å²) in [6.07, 6.45) is 9.16. The van der Waals surface area contributed by atoms with Gasteiger partial charge in [0.05, 0.1) is 19.5 Å². The zero-order valence-corrected chi connectivity index (χ0v) is 16.7. The van der Waals surface area contributed by atoms with E-state index in [4.69, 9.17) is 21.7 Å². The van der Waals surface area contributed by atoms with Gasteiger partial charge in [0.15, 0.2) is 5.11 Å². The second-order valence-electron chi connectivity index (χ2n) is 6.74. The van der Waals surface area contributed by atoms with E-state index in [-0.39, 0.29) is 6.10 Å². The highest BCUT2D eigenvalue weighted by atomic mass is 32.1. The number of hydrogen-bond donors (Lipinski definition) is 1. The summed E-state index contributed by atoms with van der Waals surface area (Å²) in [5.74, 6) is 0.865. The number of nitrogens with zero attached hydrogens (tertiary/aromatic N) is 3. The van der Waals surface area contributed by atoms with Crippen molar-refractivity contribution in [2.75, 3.05) is 26.8 Å². The standard InChI is InChI=1S/C20H28N4O2S/c1-25-18-7-5-17(6-8-18)15-24(11-3-10-23-12-9-21-16-23)20(27)22-14-19-4-2-13-26-19/h5-9,12,16,19H,2-4,10-11,13-15H2,1H3,(H,22,27). The van der Waals surface area contributed by atoms with E-state index >= 15 is 0 Å². The fourth-order valence-electron chi connectivity index (χ4n) is 3.19. The molecule has 0 amide bonds. The molecule has 0 aliphatic carbocycles. The van der Waals surface area contributed by atoms with Crippen molar-refractivity contribution in [1.82, 2.24) is 19.8 Å². The number of aromatic nitrogens is 2. The summed E-state index contributed by atoms with van der Waals surface area (Å²) in [4.78, 5) is 6.32. The van der Waals surface area contributed by atoms with Crippen molar-refractivity contribution in [2.45, 2.75) is 38.5 Å². The molecule has 1 aliphatic rings. The lowest BCUT2D eigenvalue weighted by Crippen LogP contribution is -2.42.